The van der Waals surface area contributed by atoms with Gasteiger partial charge in [-0.05, 0) is 56.1 Å². The molecule has 0 bridgehead atoms. The summed E-state index contributed by atoms with van der Waals surface area (Å²) in [5, 5.41) is 30.9. The van der Waals surface area contributed by atoms with Gasteiger partial charge in [0.15, 0.2) is 0 Å². The second-order valence-electron chi connectivity index (χ2n) is 7.83. The van der Waals surface area contributed by atoms with Crippen molar-refractivity contribution in [1.29, 1.82) is 0 Å². The van der Waals surface area contributed by atoms with Crippen LogP contribution in [-0.4, -0.2) is 45.7 Å². The van der Waals surface area contributed by atoms with Crippen LogP contribution in [0.3, 0.4) is 0 Å². The van der Waals surface area contributed by atoms with E-state index in [2.05, 4.69) is 0 Å². The lowest BCUT2D eigenvalue weighted by Crippen LogP contribution is -2.24. The van der Waals surface area contributed by atoms with Crippen LogP contribution in [0.15, 0.2) is 29.2 Å². The standard InChI is InChI=1S/C22H33FO4S/c23-19-9-5-6-10-22(19)28-15-16(25)11-12-18-17(20(26)14-21(18)27)8-4-2-1-3-7-13-24/h5-6,9-10,13,16-18,20-21,25-27H,1-4,7-8,11-12,14-15H2/t16-,17-,18-,20+,21-/m1/s1. The van der Waals surface area contributed by atoms with E-state index in [9.17, 15) is 24.5 Å². The predicted molar refractivity (Wildman–Crippen MR) is 110 cm³/mol. The van der Waals surface area contributed by atoms with Crippen LogP contribution in [0.25, 0.3) is 0 Å². The molecule has 3 N–H and O–H groups in total. The number of aldehydes is 1. The number of aliphatic hydroxyl groups excluding tert-OH is 3. The summed E-state index contributed by atoms with van der Waals surface area (Å²) in [7, 11) is 0. The van der Waals surface area contributed by atoms with Gasteiger partial charge in [-0.15, -0.1) is 11.8 Å². The van der Waals surface area contributed by atoms with E-state index in [0.29, 0.717) is 36.3 Å². The number of rotatable bonds is 13. The molecule has 28 heavy (non-hydrogen) atoms. The molecule has 1 aromatic rings. The van der Waals surface area contributed by atoms with Gasteiger partial charge in [0, 0.05) is 17.1 Å². The number of unbranched alkanes of at least 4 members (excludes halogenated alkanes) is 4. The average Bonchev–Trinajstić information content (AvgIpc) is 2.94. The molecule has 1 aromatic carbocycles. The first-order chi connectivity index (χ1) is 13.5. The fourth-order valence-corrected chi connectivity index (χ4v) is 5.08. The largest absolute Gasteiger partial charge is 0.393 e. The summed E-state index contributed by atoms with van der Waals surface area (Å²) in [6.07, 6.45) is 6.37. The molecule has 0 unspecified atom stereocenters. The normalized spacial score (nSPS) is 25.7. The molecule has 0 radical (unpaired) electrons. The van der Waals surface area contributed by atoms with Crippen molar-refractivity contribution in [3.63, 3.8) is 0 Å². The third-order valence-electron chi connectivity index (χ3n) is 5.73. The first-order valence-electron chi connectivity index (χ1n) is 10.4. The monoisotopic (exact) mass is 412 g/mol. The lowest BCUT2D eigenvalue weighted by atomic mass is 9.85. The van der Waals surface area contributed by atoms with Gasteiger partial charge in [0.25, 0.3) is 0 Å². The molecule has 0 heterocycles. The number of aliphatic hydroxyl groups is 3. The van der Waals surface area contributed by atoms with E-state index in [4.69, 9.17) is 0 Å². The molecule has 0 saturated heterocycles. The van der Waals surface area contributed by atoms with Gasteiger partial charge in [-0.3, -0.25) is 0 Å². The Kier molecular flexibility index (Phi) is 10.5. The number of benzene rings is 1. The summed E-state index contributed by atoms with van der Waals surface area (Å²) in [5.74, 6) is 0.195. The van der Waals surface area contributed by atoms with E-state index in [-0.39, 0.29) is 17.7 Å². The van der Waals surface area contributed by atoms with Gasteiger partial charge in [-0.25, -0.2) is 4.39 Å². The predicted octanol–water partition coefficient (Wildman–Crippen LogP) is 3.96. The van der Waals surface area contributed by atoms with Gasteiger partial charge < -0.3 is 20.1 Å². The van der Waals surface area contributed by atoms with Crippen molar-refractivity contribution in [2.75, 3.05) is 5.75 Å². The Labute approximate surface area is 171 Å². The quantitative estimate of drug-likeness (QED) is 0.260. The van der Waals surface area contributed by atoms with Crippen LogP contribution in [-0.2, 0) is 4.79 Å². The molecule has 2 rings (SSSR count). The molecule has 0 aliphatic heterocycles. The van der Waals surface area contributed by atoms with Crippen molar-refractivity contribution < 1.29 is 24.5 Å². The highest BCUT2D eigenvalue weighted by Crippen LogP contribution is 2.39. The van der Waals surface area contributed by atoms with Crippen molar-refractivity contribution >= 4 is 18.0 Å². The van der Waals surface area contributed by atoms with Gasteiger partial charge in [-0.2, -0.15) is 0 Å². The topological polar surface area (TPSA) is 77.8 Å². The molecule has 1 aliphatic carbocycles. The van der Waals surface area contributed by atoms with E-state index in [1.807, 2.05) is 0 Å². The molecule has 4 nitrogen and oxygen atoms in total. The van der Waals surface area contributed by atoms with Crippen molar-refractivity contribution in [1.82, 2.24) is 0 Å². The smallest absolute Gasteiger partial charge is 0.136 e. The Hall–Kier alpha value is -0.950. The molecule has 0 aromatic heterocycles. The number of halogens is 1. The third kappa shape index (κ3) is 7.47. The highest BCUT2D eigenvalue weighted by Gasteiger charge is 2.40. The Morgan fingerprint density at radius 3 is 2.46 bits per heavy atom. The van der Waals surface area contributed by atoms with E-state index >= 15 is 0 Å². The van der Waals surface area contributed by atoms with Gasteiger partial charge in [0.05, 0.1) is 18.3 Å². The molecule has 1 fully saturated rings. The van der Waals surface area contributed by atoms with Gasteiger partial charge in [0.1, 0.15) is 12.1 Å². The molecular weight excluding hydrogens is 379 g/mol. The second kappa shape index (κ2) is 12.6. The number of thioether (sulfide) groups is 1. The van der Waals surface area contributed by atoms with E-state index in [1.54, 1.807) is 18.2 Å². The fraction of sp³-hybridized carbons (Fsp3) is 0.682. The average molecular weight is 413 g/mol. The maximum atomic E-state index is 13.7. The molecule has 158 valence electrons. The molecule has 1 aliphatic rings. The molecular formula is C22H33FO4S. The van der Waals surface area contributed by atoms with E-state index in [1.165, 1.54) is 17.8 Å². The summed E-state index contributed by atoms with van der Waals surface area (Å²) in [6, 6.07) is 6.53. The molecule has 6 heteroatoms. The summed E-state index contributed by atoms with van der Waals surface area (Å²) in [5.41, 5.74) is 0. The summed E-state index contributed by atoms with van der Waals surface area (Å²) in [4.78, 5) is 10.9. The maximum Gasteiger partial charge on any atom is 0.136 e. The van der Waals surface area contributed by atoms with Crippen LogP contribution >= 0.6 is 11.8 Å². The van der Waals surface area contributed by atoms with Crippen LogP contribution in [0, 0.1) is 17.7 Å². The zero-order valence-corrected chi connectivity index (χ0v) is 17.2. The lowest BCUT2D eigenvalue weighted by Gasteiger charge is -2.24. The number of carbonyl (C=O) groups is 1. The van der Waals surface area contributed by atoms with Gasteiger partial charge >= 0.3 is 0 Å². The number of carbonyl (C=O) groups excluding carboxylic acids is 1. The summed E-state index contributed by atoms with van der Waals surface area (Å²) in [6.45, 7) is 0. The van der Waals surface area contributed by atoms with Crippen LogP contribution in [0.5, 0.6) is 0 Å². The van der Waals surface area contributed by atoms with Crippen molar-refractivity contribution in [2.45, 2.75) is 81.0 Å². The highest BCUT2D eigenvalue weighted by molar-refractivity contribution is 7.99. The Morgan fingerprint density at radius 2 is 1.75 bits per heavy atom. The van der Waals surface area contributed by atoms with Crippen LogP contribution < -0.4 is 0 Å². The second-order valence-corrected chi connectivity index (χ2v) is 8.89. The minimum atomic E-state index is -0.571. The molecule has 0 spiro atoms. The number of hydrogen-bond acceptors (Lipinski definition) is 5. The van der Waals surface area contributed by atoms with Gasteiger partial charge in [0.2, 0.25) is 0 Å². The lowest BCUT2D eigenvalue weighted by molar-refractivity contribution is -0.107. The zero-order chi connectivity index (χ0) is 20.4. The number of hydrogen-bond donors (Lipinski definition) is 3. The highest BCUT2D eigenvalue weighted by atomic mass is 32.2. The zero-order valence-electron chi connectivity index (χ0n) is 16.4. The Bertz CT molecular complexity index is 585. The summed E-state index contributed by atoms with van der Waals surface area (Å²) < 4.78 is 13.7. The maximum absolute atomic E-state index is 13.7. The van der Waals surface area contributed by atoms with Crippen molar-refractivity contribution in [2.24, 2.45) is 11.8 Å². The van der Waals surface area contributed by atoms with Crippen molar-refractivity contribution in [3.8, 4) is 0 Å². The van der Waals surface area contributed by atoms with Crippen LogP contribution in [0.1, 0.15) is 57.8 Å². The third-order valence-corrected chi connectivity index (χ3v) is 6.93. The fourth-order valence-electron chi connectivity index (χ4n) is 4.16. The SMILES string of the molecule is O=CCCCCCC[C@@H]1[C@@H](CC[C@@H](O)CSc2ccccc2F)[C@H](O)C[C@@H]1O. The first-order valence-corrected chi connectivity index (χ1v) is 11.4. The molecule has 1 saturated carbocycles. The van der Waals surface area contributed by atoms with Crippen LogP contribution in [0.2, 0.25) is 0 Å². The van der Waals surface area contributed by atoms with Gasteiger partial charge in [-0.1, -0.05) is 31.4 Å². The van der Waals surface area contributed by atoms with E-state index < -0.39 is 18.3 Å². The molecule has 5 atom stereocenters. The molecule has 0 amide bonds. The summed E-state index contributed by atoms with van der Waals surface area (Å²) >= 11 is 1.30. The first kappa shape index (κ1) is 23.3. The minimum Gasteiger partial charge on any atom is -0.393 e. The Morgan fingerprint density at radius 1 is 1.07 bits per heavy atom. The van der Waals surface area contributed by atoms with Crippen LogP contribution in [0.4, 0.5) is 4.39 Å². The Balaban J connectivity index is 1.73. The minimum absolute atomic E-state index is 0.00177. The van der Waals surface area contributed by atoms with Crippen molar-refractivity contribution in [3.05, 3.63) is 30.1 Å². The van der Waals surface area contributed by atoms with E-state index in [0.717, 1.165) is 38.4 Å².